The van der Waals surface area contributed by atoms with E-state index in [2.05, 4.69) is 5.32 Å². The Hall–Kier alpha value is -3.07. The van der Waals surface area contributed by atoms with Crippen LogP contribution < -0.4 is 9.62 Å². The second kappa shape index (κ2) is 14.2. The Bertz CT molecular complexity index is 1450. The first-order valence-electron chi connectivity index (χ1n) is 13.5. The number of amides is 2. The van der Waals surface area contributed by atoms with Crippen LogP contribution in [0.2, 0.25) is 10.0 Å². The normalized spacial score (nSPS) is 12.3. The number of halogens is 2. The number of carbonyl (C=O) groups is 2. The maximum atomic E-state index is 14.0. The van der Waals surface area contributed by atoms with Crippen LogP contribution in [0.3, 0.4) is 0 Å². The van der Waals surface area contributed by atoms with Gasteiger partial charge in [0.1, 0.15) is 12.6 Å². The lowest BCUT2D eigenvalue weighted by Crippen LogP contribution is -2.51. The molecule has 1 atom stereocenters. The number of rotatable bonds is 12. The number of sulfonamides is 1. The van der Waals surface area contributed by atoms with E-state index in [1.807, 2.05) is 39.8 Å². The van der Waals surface area contributed by atoms with Gasteiger partial charge in [-0.2, -0.15) is 0 Å². The van der Waals surface area contributed by atoms with Crippen molar-refractivity contribution in [2.24, 2.45) is 5.92 Å². The maximum Gasteiger partial charge on any atom is 0.264 e. The second-order valence-corrected chi connectivity index (χ2v) is 13.3. The highest BCUT2D eigenvalue weighted by Gasteiger charge is 2.32. The van der Waals surface area contributed by atoms with Gasteiger partial charge in [0.15, 0.2) is 0 Å². The number of hydrogen-bond acceptors (Lipinski definition) is 4. The van der Waals surface area contributed by atoms with Gasteiger partial charge < -0.3 is 10.2 Å². The van der Waals surface area contributed by atoms with Gasteiger partial charge in [-0.15, -0.1) is 0 Å². The molecule has 0 bridgehead atoms. The quantitative estimate of drug-likeness (QED) is 0.251. The smallest absolute Gasteiger partial charge is 0.264 e. The van der Waals surface area contributed by atoms with Gasteiger partial charge in [-0.05, 0) is 66.3 Å². The summed E-state index contributed by atoms with van der Waals surface area (Å²) in [6.07, 6.45) is 0. The highest BCUT2D eigenvalue weighted by Crippen LogP contribution is 2.27. The van der Waals surface area contributed by atoms with Crippen LogP contribution in [-0.2, 0) is 26.2 Å². The molecule has 0 saturated heterocycles. The summed E-state index contributed by atoms with van der Waals surface area (Å²) in [4.78, 5) is 28.5. The Balaban J connectivity index is 2.04. The largest absolute Gasteiger partial charge is 0.354 e. The van der Waals surface area contributed by atoms with E-state index >= 15 is 0 Å². The predicted molar refractivity (Wildman–Crippen MR) is 166 cm³/mol. The summed E-state index contributed by atoms with van der Waals surface area (Å²) in [7, 11) is -4.13. The minimum atomic E-state index is -4.13. The minimum Gasteiger partial charge on any atom is -0.354 e. The SMILES string of the molecule is CC(C)CNC(=O)[C@H](C)N(Cc1ccc(Cl)cc1Cl)C(=O)CN(c1ccc(C(C)C)cc1)S(=O)(=O)c1ccccc1. The fourth-order valence-electron chi connectivity index (χ4n) is 4.14. The molecule has 0 aliphatic rings. The molecule has 3 aromatic carbocycles. The molecule has 0 saturated carbocycles. The van der Waals surface area contributed by atoms with Gasteiger partial charge in [-0.25, -0.2) is 8.42 Å². The lowest BCUT2D eigenvalue weighted by molar-refractivity contribution is -0.139. The average Bonchev–Trinajstić information content (AvgIpc) is 2.94. The average molecular weight is 619 g/mol. The summed E-state index contributed by atoms with van der Waals surface area (Å²) in [6.45, 7) is 9.54. The molecule has 0 aliphatic carbocycles. The van der Waals surface area contributed by atoms with E-state index in [9.17, 15) is 18.0 Å². The van der Waals surface area contributed by atoms with Crippen LogP contribution in [0.25, 0.3) is 0 Å². The summed E-state index contributed by atoms with van der Waals surface area (Å²) < 4.78 is 28.8. The molecule has 220 valence electrons. The van der Waals surface area contributed by atoms with Gasteiger partial charge in [0.05, 0.1) is 10.6 Å². The molecule has 0 heterocycles. The predicted octanol–water partition coefficient (Wildman–Crippen LogP) is 6.50. The van der Waals surface area contributed by atoms with Crippen molar-refractivity contribution in [2.45, 2.75) is 58.0 Å². The third-order valence-corrected chi connectivity index (χ3v) is 9.04. The summed E-state index contributed by atoms with van der Waals surface area (Å²) in [5, 5.41) is 3.64. The fraction of sp³-hybridized carbons (Fsp3) is 0.355. The van der Waals surface area contributed by atoms with Crippen molar-refractivity contribution < 1.29 is 18.0 Å². The van der Waals surface area contributed by atoms with E-state index < -0.39 is 28.5 Å². The molecule has 0 unspecified atom stereocenters. The first-order chi connectivity index (χ1) is 19.3. The Morgan fingerprint density at radius 3 is 2.07 bits per heavy atom. The van der Waals surface area contributed by atoms with E-state index in [0.717, 1.165) is 9.87 Å². The summed E-state index contributed by atoms with van der Waals surface area (Å²) in [5.41, 5.74) is 1.95. The van der Waals surface area contributed by atoms with Crippen molar-refractivity contribution in [1.29, 1.82) is 0 Å². The molecule has 0 spiro atoms. The van der Waals surface area contributed by atoms with Crippen molar-refractivity contribution in [1.82, 2.24) is 10.2 Å². The Kier molecular flexibility index (Phi) is 11.2. The van der Waals surface area contributed by atoms with Crippen molar-refractivity contribution in [2.75, 3.05) is 17.4 Å². The first kappa shape index (κ1) is 32.4. The topological polar surface area (TPSA) is 86.8 Å². The molecule has 1 N–H and O–H groups in total. The number of anilines is 1. The minimum absolute atomic E-state index is 0.0172. The number of hydrogen-bond donors (Lipinski definition) is 1. The van der Waals surface area contributed by atoms with Crippen LogP contribution in [0.5, 0.6) is 0 Å². The standard InChI is InChI=1S/C31H37Cl2N3O4S/c1-21(2)18-34-31(38)23(5)35(19-25-11-14-26(32)17-29(25)33)30(37)20-36(27-15-12-24(13-16-27)22(3)4)41(39,40)28-9-7-6-8-10-28/h6-17,21-23H,18-20H2,1-5H3,(H,34,38)/t23-/m0/s1. The Morgan fingerprint density at radius 1 is 0.878 bits per heavy atom. The number of benzene rings is 3. The van der Waals surface area contributed by atoms with Gasteiger partial charge >= 0.3 is 0 Å². The first-order valence-corrected chi connectivity index (χ1v) is 15.7. The molecule has 3 rings (SSSR count). The molecular formula is C31H37Cl2N3O4S. The Labute approximate surface area is 253 Å². The molecule has 2 amide bonds. The van der Waals surface area contributed by atoms with E-state index in [0.29, 0.717) is 27.8 Å². The van der Waals surface area contributed by atoms with Crippen LogP contribution in [0.1, 0.15) is 51.7 Å². The zero-order valence-electron chi connectivity index (χ0n) is 24.0. The van der Waals surface area contributed by atoms with Gasteiger partial charge in [-0.3, -0.25) is 13.9 Å². The third-order valence-electron chi connectivity index (χ3n) is 6.67. The molecule has 0 aromatic heterocycles. The van der Waals surface area contributed by atoms with Gasteiger partial charge in [-0.1, -0.05) is 87.3 Å². The number of nitrogens with one attached hydrogen (secondary N) is 1. The van der Waals surface area contributed by atoms with Crippen LogP contribution in [0.4, 0.5) is 5.69 Å². The lowest BCUT2D eigenvalue weighted by Gasteiger charge is -2.32. The molecule has 10 heteroatoms. The molecule has 0 aliphatic heterocycles. The van der Waals surface area contributed by atoms with Crippen molar-refractivity contribution in [3.8, 4) is 0 Å². The zero-order valence-corrected chi connectivity index (χ0v) is 26.3. The summed E-state index contributed by atoms with van der Waals surface area (Å²) in [6, 6.07) is 19.1. The number of nitrogens with zero attached hydrogens (tertiary/aromatic N) is 2. The molecule has 7 nitrogen and oxygen atoms in total. The van der Waals surface area contributed by atoms with Crippen molar-refractivity contribution in [3.63, 3.8) is 0 Å². The van der Waals surface area contributed by atoms with Gasteiger partial charge in [0.2, 0.25) is 11.8 Å². The highest BCUT2D eigenvalue weighted by molar-refractivity contribution is 7.92. The fourth-order valence-corrected chi connectivity index (χ4v) is 6.05. The molecular weight excluding hydrogens is 581 g/mol. The monoisotopic (exact) mass is 617 g/mol. The summed E-state index contributed by atoms with van der Waals surface area (Å²) >= 11 is 12.5. The van der Waals surface area contributed by atoms with E-state index in [4.69, 9.17) is 23.2 Å². The molecule has 0 radical (unpaired) electrons. The van der Waals surface area contributed by atoms with Gasteiger partial charge in [0, 0.05) is 23.1 Å². The van der Waals surface area contributed by atoms with E-state index in [-0.39, 0.29) is 29.2 Å². The lowest BCUT2D eigenvalue weighted by atomic mass is 10.0. The van der Waals surface area contributed by atoms with E-state index in [1.165, 1.54) is 17.0 Å². The van der Waals surface area contributed by atoms with Crippen LogP contribution in [0.15, 0.2) is 77.7 Å². The maximum absolute atomic E-state index is 14.0. The third kappa shape index (κ3) is 8.47. The van der Waals surface area contributed by atoms with Crippen LogP contribution >= 0.6 is 23.2 Å². The van der Waals surface area contributed by atoms with Crippen molar-refractivity contribution in [3.05, 3.63) is 94.0 Å². The number of carbonyl (C=O) groups excluding carboxylic acids is 2. The second-order valence-electron chi connectivity index (χ2n) is 10.6. The zero-order chi connectivity index (χ0) is 30.3. The van der Waals surface area contributed by atoms with Crippen molar-refractivity contribution >= 4 is 50.7 Å². The highest BCUT2D eigenvalue weighted by atomic mass is 35.5. The van der Waals surface area contributed by atoms with Gasteiger partial charge in [0.25, 0.3) is 10.0 Å². The van der Waals surface area contributed by atoms with Crippen LogP contribution in [0, 0.1) is 5.92 Å². The summed E-state index contributed by atoms with van der Waals surface area (Å²) in [5.74, 6) is -0.456. The molecule has 41 heavy (non-hydrogen) atoms. The Morgan fingerprint density at radius 2 is 1.51 bits per heavy atom. The molecule has 3 aromatic rings. The van der Waals surface area contributed by atoms with Crippen LogP contribution in [-0.4, -0.2) is 44.3 Å². The van der Waals surface area contributed by atoms with E-state index in [1.54, 1.807) is 55.5 Å². The molecule has 0 fully saturated rings.